The van der Waals surface area contributed by atoms with Crippen LogP contribution in [0.4, 0.5) is 0 Å². The van der Waals surface area contributed by atoms with Crippen LogP contribution in [0.5, 0.6) is 0 Å². The number of allylic oxidation sites excluding steroid dienone is 2. The average Bonchev–Trinajstić information content (AvgIpc) is 3.76. The first-order valence-corrected chi connectivity index (χ1v) is 34.1. The fourth-order valence-electron chi connectivity index (χ4n) is 8.66. The zero-order valence-corrected chi connectivity index (χ0v) is 33.7. The molecule has 0 bridgehead atoms. The maximum absolute atomic E-state index is 8.87. The van der Waals surface area contributed by atoms with E-state index in [-0.39, 0.29) is 7.25 Å². The van der Waals surface area contributed by atoms with Crippen LogP contribution in [0.3, 0.4) is 0 Å². The zero-order valence-electron chi connectivity index (χ0n) is 28.6. The molecule has 0 saturated heterocycles. The van der Waals surface area contributed by atoms with Gasteiger partial charge in [-0.15, -0.1) is 0 Å². The summed E-state index contributed by atoms with van der Waals surface area (Å²) in [6.45, 7) is 4.88. The minimum absolute atomic E-state index is 0.0413. The molecule has 6 aromatic carbocycles. The summed E-state index contributed by atoms with van der Waals surface area (Å²) in [5, 5.41) is 0. The van der Waals surface area contributed by atoms with Gasteiger partial charge in [-0.3, -0.25) is 0 Å². The molecule has 0 spiro atoms. The van der Waals surface area contributed by atoms with E-state index in [4.69, 9.17) is 17.0 Å². The van der Waals surface area contributed by atoms with Gasteiger partial charge in [-0.05, 0) is 0 Å². The second-order valence-corrected chi connectivity index (χ2v) is 56.8. The molecule has 2 atom stereocenters. The van der Waals surface area contributed by atoms with Gasteiger partial charge in [0.1, 0.15) is 0 Å². The predicted molar refractivity (Wildman–Crippen MR) is 216 cm³/mol. The number of halogens is 2. The molecule has 50 heavy (non-hydrogen) atoms. The molecule has 8 rings (SSSR count). The van der Waals surface area contributed by atoms with Gasteiger partial charge < -0.3 is 0 Å². The molecule has 0 nitrogen and oxygen atoms in total. The fraction of sp³-hybridized carbons (Fsp3) is 0.130. The Hall–Kier alpha value is -3.52. The normalized spacial score (nSPS) is 17.4. The molecule has 0 amide bonds. The van der Waals surface area contributed by atoms with Gasteiger partial charge in [0, 0.05) is 0 Å². The van der Waals surface area contributed by atoms with Crippen molar-refractivity contribution in [2.24, 2.45) is 0 Å². The summed E-state index contributed by atoms with van der Waals surface area (Å²) in [4.78, 5) is 0. The van der Waals surface area contributed by atoms with Crippen molar-refractivity contribution < 1.29 is 15.6 Å². The van der Waals surface area contributed by atoms with Crippen molar-refractivity contribution in [3.63, 3.8) is 0 Å². The van der Waals surface area contributed by atoms with Gasteiger partial charge in [0.05, 0.1) is 0 Å². The predicted octanol–water partition coefficient (Wildman–Crippen LogP) is 12.7. The second-order valence-electron chi connectivity index (χ2n) is 14.3. The number of rotatable bonds is 9. The monoisotopic (exact) mass is 781 g/mol. The van der Waals surface area contributed by atoms with Crippen molar-refractivity contribution >= 4 is 46.2 Å². The van der Waals surface area contributed by atoms with Crippen LogP contribution in [0, 0.1) is 0 Å². The Morgan fingerprint density at radius 1 is 0.460 bits per heavy atom. The molecule has 247 valence electrons. The molecular formula is C46H41Cl2SiZr. The SMILES string of the molecule is C[SiH](C)[Zr]([Cl])([Cl])([CH]1C(c2ccccc2)=Cc2c(Cc3ccccc3)cccc21)[CH]1C(c2ccccc2)=Cc2c(Cc3ccccc3)cccc21. The third-order valence-electron chi connectivity index (χ3n) is 11.2. The van der Waals surface area contributed by atoms with E-state index in [1.165, 1.54) is 66.8 Å². The van der Waals surface area contributed by atoms with Gasteiger partial charge in [-0.25, -0.2) is 0 Å². The third-order valence-corrected chi connectivity index (χ3v) is 62.8. The summed E-state index contributed by atoms with van der Waals surface area (Å²) in [6.07, 6.45) is 6.65. The van der Waals surface area contributed by atoms with Gasteiger partial charge in [0.2, 0.25) is 0 Å². The van der Waals surface area contributed by atoms with Crippen molar-refractivity contribution in [3.8, 4) is 0 Å². The van der Waals surface area contributed by atoms with Crippen LogP contribution in [0.1, 0.15) is 62.9 Å². The van der Waals surface area contributed by atoms with E-state index in [0.29, 0.717) is 0 Å². The third kappa shape index (κ3) is 5.79. The topological polar surface area (TPSA) is 0 Å². The van der Waals surface area contributed by atoms with Crippen LogP contribution in [0.25, 0.3) is 23.3 Å². The molecular weight excluding hydrogens is 743 g/mol. The molecule has 0 aromatic heterocycles. The first-order chi connectivity index (χ1) is 24.3. The van der Waals surface area contributed by atoms with Gasteiger partial charge >= 0.3 is 308 Å². The Labute approximate surface area is 305 Å². The summed E-state index contributed by atoms with van der Waals surface area (Å²) in [5.41, 5.74) is 15.5. The van der Waals surface area contributed by atoms with Crippen LogP contribution in [-0.2, 0) is 28.4 Å². The van der Waals surface area contributed by atoms with Crippen LogP contribution < -0.4 is 0 Å². The fourth-order valence-corrected chi connectivity index (χ4v) is 38.8. The summed E-state index contributed by atoms with van der Waals surface area (Å²) < 4.78 is -0.0826. The Balaban J connectivity index is 1.37. The van der Waals surface area contributed by atoms with Gasteiger partial charge in [0.25, 0.3) is 0 Å². The molecule has 2 aliphatic rings. The van der Waals surface area contributed by atoms with Crippen LogP contribution in [0.2, 0.25) is 13.1 Å². The van der Waals surface area contributed by atoms with Crippen molar-refractivity contribution in [1.29, 1.82) is 0 Å². The second kappa shape index (κ2) is 13.6. The first kappa shape index (κ1) is 33.6. The van der Waals surface area contributed by atoms with E-state index in [1.54, 1.807) is 0 Å². The van der Waals surface area contributed by atoms with Crippen molar-refractivity contribution in [3.05, 3.63) is 213 Å². The average molecular weight is 784 g/mol. The van der Waals surface area contributed by atoms with Gasteiger partial charge in [0.15, 0.2) is 0 Å². The van der Waals surface area contributed by atoms with Gasteiger partial charge in [-0.1, -0.05) is 0 Å². The van der Waals surface area contributed by atoms with Crippen LogP contribution in [-0.4, -0.2) is 5.92 Å². The Morgan fingerprint density at radius 2 is 0.820 bits per heavy atom. The summed E-state index contributed by atoms with van der Waals surface area (Å²) >= 11 is -5.09. The summed E-state index contributed by atoms with van der Waals surface area (Å²) in [5.74, 6) is -1.77. The standard InChI is InChI=1S/2C22H17.C2H7Si.2ClH.Zr/c2*1-3-8-17(9-4-1)14-19-12-7-13-20-15-21(16-22(19)20)18-10-5-2-6-11-18;1-3-2;;;/h2*1-13,15-16H,14H2;3H,1-2H3;2*1H;/q;;;;;+2/p-2. The van der Waals surface area contributed by atoms with Crippen LogP contribution >= 0.6 is 17.0 Å². The summed E-state index contributed by atoms with van der Waals surface area (Å²) in [7, 11) is 17.7. The number of hydrogen-bond acceptors (Lipinski definition) is 0. The van der Waals surface area contributed by atoms with E-state index < -0.39 is 21.5 Å². The molecule has 2 unspecified atom stereocenters. The van der Waals surface area contributed by atoms with E-state index >= 15 is 0 Å². The minimum atomic E-state index is -5.09. The van der Waals surface area contributed by atoms with Crippen molar-refractivity contribution in [1.82, 2.24) is 0 Å². The zero-order chi connectivity index (χ0) is 34.3. The quantitative estimate of drug-likeness (QED) is 0.128. The van der Waals surface area contributed by atoms with Crippen LogP contribution in [0.15, 0.2) is 158 Å². The number of fused-ring (bicyclic) bond motifs is 2. The Kier molecular flexibility index (Phi) is 9.11. The van der Waals surface area contributed by atoms with Crippen molar-refractivity contribution in [2.75, 3.05) is 0 Å². The summed E-state index contributed by atoms with van der Waals surface area (Å²) in [6, 6.07) is 57.1. The van der Waals surface area contributed by atoms with E-state index in [0.717, 1.165) is 12.8 Å². The molecule has 4 heteroatoms. The Bertz CT molecular complexity index is 2070. The Morgan fingerprint density at radius 3 is 1.18 bits per heavy atom. The molecule has 6 aromatic rings. The number of benzene rings is 6. The number of hydrogen-bond donors (Lipinski definition) is 0. The molecule has 0 aliphatic heterocycles. The first-order valence-electron chi connectivity index (χ1n) is 17.8. The van der Waals surface area contributed by atoms with Gasteiger partial charge in [-0.2, -0.15) is 0 Å². The molecule has 2 aliphatic carbocycles. The molecule has 0 heterocycles. The maximum atomic E-state index is 8.87. The molecule has 0 fully saturated rings. The van der Waals surface area contributed by atoms with E-state index in [1.807, 2.05) is 0 Å². The molecule has 0 saturated carbocycles. The van der Waals surface area contributed by atoms with Crippen molar-refractivity contribution in [2.45, 2.75) is 33.2 Å². The van der Waals surface area contributed by atoms with E-state index in [9.17, 15) is 0 Å². The molecule has 0 N–H and O–H groups in total. The molecule has 0 radical (unpaired) electrons. The van der Waals surface area contributed by atoms with E-state index in [2.05, 4.69) is 183 Å².